The third-order valence-corrected chi connectivity index (χ3v) is 5.93. The Morgan fingerprint density at radius 3 is 2.44 bits per heavy atom. The molecule has 0 fully saturated rings. The Morgan fingerprint density at radius 2 is 1.74 bits per heavy atom. The van der Waals surface area contributed by atoms with Crippen LogP contribution in [0.1, 0.15) is 86.0 Å². The summed E-state index contributed by atoms with van der Waals surface area (Å²) in [5, 5.41) is 0.865. The molecule has 34 heavy (non-hydrogen) atoms. The maximum atomic E-state index is 13.5. The first-order valence-electron chi connectivity index (χ1n) is 12.9. The number of aryl methyl sites for hydroxylation is 1. The van der Waals surface area contributed by atoms with Gasteiger partial charge in [-0.1, -0.05) is 56.8 Å². The SMILES string of the molecule is CCCCCCOc1c(OCC=C(C)CCC=C(C)C)c2ccc(N)cc2n(CCCC)c1=O. The van der Waals surface area contributed by atoms with E-state index in [9.17, 15) is 4.79 Å². The van der Waals surface area contributed by atoms with Crippen molar-refractivity contribution in [2.45, 2.75) is 92.5 Å². The highest BCUT2D eigenvalue weighted by Gasteiger charge is 2.20. The predicted octanol–water partition coefficient (Wildman–Crippen LogP) is 7.41. The Kier molecular flexibility index (Phi) is 11.8. The van der Waals surface area contributed by atoms with Gasteiger partial charge in [-0.15, -0.1) is 0 Å². The van der Waals surface area contributed by atoms with Gasteiger partial charge in [-0.05, 0) is 70.7 Å². The minimum absolute atomic E-state index is 0.138. The smallest absolute Gasteiger partial charge is 0.297 e. The number of aromatic nitrogens is 1. The molecule has 2 N–H and O–H groups in total. The zero-order chi connectivity index (χ0) is 24.9. The predicted molar refractivity (Wildman–Crippen MR) is 145 cm³/mol. The van der Waals surface area contributed by atoms with E-state index >= 15 is 0 Å². The maximum absolute atomic E-state index is 13.5. The topological polar surface area (TPSA) is 66.5 Å². The zero-order valence-corrected chi connectivity index (χ0v) is 21.9. The van der Waals surface area contributed by atoms with Gasteiger partial charge in [0.05, 0.1) is 12.1 Å². The number of anilines is 1. The summed E-state index contributed by atoms with van der Waals surface area (Å²) in [5.74, 6) is 0.844. The van der Waals surface area contributed by atoms with Crippen molar-refractivity contribution in [1.82, 2.24) is 4.57 Å². The lowest BCUT2D eigenvalue weighted by atomic mass is 10.1. The monoisotopic (exact) mass is 468 g/mol. The van der Waals surface area contributed by atoms with Crippen molar-refractivity contribution in [2.75, 3.05) is 18.9 Å². The van der Waals surface area contributed by atoms with Gasteiger partial charge in [-0.2, -0.15) is 0 Å². The Labute approximate surface area is 205 Å². The fraction of sp³-hybridized carbons (Fsp3) is 0.552. The molecular weight excluding hydrogens is 424 g/mol. The zero-order valence-electron chi connectivity index (χ0n) is 21.9. The van der Waals surface area contributed by atoms with Crippen LogP contribution in [0.2, 0.25) is 0 Å². The van der Waals surface area contributed by atoms with Crippen LogP contribution in [0, 0.1) is 0 Å². The van der Waals surface area contributed by atoms with Crippen LogP contribution < -0.4 is 20.8 Å². The third-order valence-electron chi connectivity index (χ3n) is 5.93. The highest BCUT2D eigenvalue weighted by atomic mass is 16.5. The van der Waals surface area contributed by atoms with Gasteiger partial charge in [0.2, 0.25) is 5.75 Å². The lowest BCUT2D eigenvalue weighted by molar-refractivity contribution is 0.272. The van der Waals surface area contributed by atoms with E-state index in [1.54, 1.807) is 4.57 Å². The second-order valence-corrected chi connectivity index (χ2v) is 9.34. The first kappa shape index (κ1) is 27.6. The van der Waals surface area contributed by atoms with Gasteiger partial charge in [-0.3, -0.25) is 4.79 Å². The number of rotatable bonds is 15. The van der Waals surface area contributed by atoms with E-state index in [4.69, 9.17) is 15.2 Å². The number of hydrogen-bond donors (Lipinski definition) is 1. The minimum atomic E-state index is -0.138. The molecule has 1 aromatic carbocycles. The van der Waals surface area contributed by atoms with Gasteiger partial charge in [0.1, 0.15) is 6.61 Å². The second-order valence-electron chi connectivity index (χ2n) is 9.34. The first-order chi connectivity index (χ1) is 16.4. The molecule has 0 aliphatic carbocycles. The van der Waals surface area contributed by atoms with Gasteiger partial charge >= 0.3 is 0 Å². The molecule has 0 aliphatic rings. The Morgan fingerprint density at radius 1 is 0.971 bits per heavy atom. The number of unbranched alkanes of at least 4 members (excludes halogenated alkanes) is 4. The molecule has 188 valence electrons. The molecule has 2 rings (SSSR count). The molecule has 0 bridgehead atoms. The first-order valence-corrected chi connectivity index (χ1v) is 12.9. The van der Waals surface area contributed by atoms with Crippen LogP contribution in [-0.4, -0.2) is 17.8 Å². The standard InChI is InChI=1S/C29H44N2O3/c1-6-8-10-11-19-33-28-27(34-20-17-23(5)14-12-13-22(3)4)25-16-15-24(30)21-26(25)31(29(28)32)18-9-7-2/h13,15-17,21H,6-12,14,18-20,30H2,1-5H3. The summed E-state index contributed by atoms with van der Waals surface area (Å²) in [6, 6.07) is 5.66. The van der Waals surface area contributed by atoms with Crippen LogP contribution in [0.15, 0.2) is 46.3 Å². The largest absolute Gasteiger partial charge is 0.485 e. The number of fused-ring (bicyclic) bond motifs is 1. The number of benzene rings is 1. The quantitative estimate of drug-likeness (QED) is 0.168. The number of nitrogens with two attached hydrogens (primary N) is 1. The molecule has 0 aliphatic heterocycles. The van der Waals surface area contributed by atoms with E-state index in [1.165, 1.54) is 17.6 Å². The van der Waals surface area contributed by atoms with Crippen molar-refractivity contribution < 1.29 is 9.47 Å². The van der Waals surface area contributed by atoms with E-state index < -0.39 is 0 Å². The summed E-state index contributed by atoms with van der Waals surface area (Å²) < 4.78 is 14.1. The lowest BCUT2D eigenvalue weighted by Gasteiger charge is -2.19. The number of nitrogen functional groups attached to an aromatic ring is 1. The summed E-state index contributed by atoms with van der Waals surface area (Å²) in [7, 11) is 0. The molecule has 5 nitrogen and oxygen atoms in total. The fourth-order valence-corrected chi connectivity index (χ4v) is 3.89. The molecule has 0 atom stereocenters. The van der Waals surface area contributed by atoms with Crippen LogP contribution in [0.3, 0.4) is 0 Å². The molecule has 0 amide bonds. The summed E-state index contributed by atoms with van der Waals surface area (Å²) in [6.45, 7) is 12.2. The van der Waals surface area contributed by atoms with Crippen LogP contribution in [-0.2, 0) is 6.54 Å². The highest BCUT2D eigenvalue weighted by molar-refractivity contribution is 5.90. The fourth-order valence-electron chi connectivity index (χ4n) is 3.89. The van der Waals surface area contributed by atoms with E-state index in [0.717, 1.165) is 55.8 Å². The number of nitrogens with zero attached hydrogens (tertiary/aromatic N) is 1. The average Bonchev–Trinajstić information content (AvgIpc) is 2.79. The number of pyridine rings is 1. The highest BCUT2D eigenvalue weighted by Crippen LogP contribution is 2.34. The van der Waals surface area contributed by atoms with Gasteiger partial charge in [-0.25, -0.2) is 0 Å². The van der Waals surface area contributed by atoms with Crippen LogP contribution in [0.4, 0.5) is 5.69 Å². The van der Waals surface area contributed by atoms with Gasteiger partial charge < -0.3 is 19.8 Å². The summed E-state index contributed by atoms with van der Waals surface area (Å²) in [6.07, 6.45) is 12.6. The lowest BCUT2D eigenvalue weighted by Crippen LogP contribution is -2.24. The van der Waals surface area contributed by atoms with Crippen molar-refractivity contribution in [3.05, 3.63) is 51.9 Å². The molecule has 0 unspecified atom stereocenters. The molecule has 1 aromatic heterocycles. The molecule has 0 spiro atoms. The van der Waals surface area contributed by atoms with Crippen molar-refractivity contribution in [3.63, 3.8) is 0 Å². The van der Waals surface area contributed by atoms with Gasteiger partial charge in [0, 0.05) is 17.6 Å². The van der Waals surface area contributed by atoms with E-state index in [0.29, 0.717) is 36.9 Å². The van der Waals surface area contributed by atoms with Crippen LogP contribution >= 0.6 is 0 Å². The van der Waals surface area contributed by atoms with E-state index in [-0.39, 0.29) is 5.56 Å². The maximum Gasteiger partial charge on any atom is 0.297 e. The Balaban J connectivity index is 2.39. The molecule has 0 radical (unpaired) electrons. The number of ether oxygens (including phenoxy) is 2. The average molecular weight is 469 g/mol. The van der Waals surface area contributed by atoms with Crippen LogP contribution in [0.25, 0.3) is 10.9 Å². The van der Waals surface area contributed by atoms with E-state index in [2.05, 4.69) is 46.8 Å². The molecular formula is C29H44N2O3. The molecule has 0 saturated heterocycles. The normalized spacial score (nSPS) is 11.6. The minimum Gasteiger partial charge on any atom is -0.485 e. The van der Waals surface area contributed by atoms with Crippen molar-refractivity contribution in [1.29, 1.82) is 0 Å². The Bertz CT molecular complexity index is 1030. The number of hydrogen-bond acceptors (Lipinski definition) is 4. The molecule has 2 aromatic rings. The van der Waals surface area contributed by atoms with Gasteiger partial charge in [0.15, 0.2) is 5.75 Å². The number of allylic oxidation sites excluding steroid dienone is 3. The summed E-state index contributed by atoms with van der Waals surface area (Å²) >= 11 is 0. The van der Waals surface area contributed by atoms with Gasteiger partial charge in [0.25, 0.3) is 5.56 Å². The van der Waals surface area contributed by atoms with Crippen molar-refractivity contribution in [3.8, 4) is 11.5 Å². The summed E-state index contributed by atoms with van der Waals surface area (Å²) in [5.41, 5.74) is 9.99. The second kappa shape index (κ2) is 14.5. The Hall–Kier alpha value is -2.69. The summed E-state index contributed by atoms with van der Waals surface area (Å²) in [4.78, 5) is 13.5. The van der Waals surface area contributed by atoms with Crippen LogP contribution in [0.5, 0.6) is 11.5 Å². The third kappa shape index (κ3) is 8.27. The molecule has 0 saturated carbocycles. The molecule has 1 heterocycles. The van der Waals surface area contributed by atoms with Crippen molar-refractivity contribution >= 4 is 16.6 Å². The van der Waals surface area contributed by atoms with Crippen molar-refractivity contribution in [2.24, 2.45) is 0 Å². The molecule has 5 heteroatoms. The van der Waals surface area contributed by atoms with E-state index in [1.807, 2.05) is 18.2 Å².